The van der Waals surface area contributed by atoms with Crippen LogP contribution in [0.3, 0.4) is 0 Å². The minimum atomic E-state index is 0. The van der Waals surface area contributed by atoms with Crippen LogP contribution in [0.15, 0.2) is 0 Å². The predicted octanol–water partition coefficient (Wildman–Crippen LogP) is 3.07. The van der Waals surface area contributed by atoms with Crippen LogP contribution in [0, 0.1) is 0 Å². The first-order valence-corrected chi connectivity index (χ1v) is 5.35. The van der Waals surface area contributed by atoms with Crippen LogP contribution < -0.4 is 0 Å². The van der Waals surface area contributed by atoms with Gasteiger partial charge >= 0.3 is 29.6 Å². The van der Waals surface area contributed by atoms with Gasteiger partial charge in [0.05, 0.1) is 0 Å². The topological polar surface area (TPSA) is 17.1 Å². The van der Waals surface area contributed by atoms with Crippen LogP contribution in [0.2, 0.25) is 0 Å². The summed E-state index contributed by atoms with van der Waals surface area (Å²) in [7, 11) is 0. The molecule has 0 aromatic rings. The molecule has 0 aliphatic heterocycles. The van der Waals surface area contributed by atoms with Crippen molar-refractivity contribution in [3.8, 4) is 0 Å². The molecule has 13 heavy (non-hydrogen) atoms. The first kappa shape index (κ1) is 16.1. The van der Waals surface area contributed by atoms with Gasteiger partial charge in [-0.25, -0.2) is 0 Å². The summed E-state index contributed by atoms with van der Waals surface area (Å²) < 4.78 is 0. The van der Waals surface area contributed by atoms with Crippen molar-refractivity contribution in [3.63, 3.8) is 0 Å². The van der Waals surface area contributed by atoms with Crippen LogP contribution in [-0.2, 0) is 4.79 Å². The van der Waals surface area contributed by atoms with Crippen molar-refractivity contribution >= 4 is 35.8 Å². The van der Waals surface area contributed by atoms with E-state index >= 15 is 0 Å². The third-order valence-electron chi connectivity index (χ3n) is 2.18. The predicted molar refractivity (Wildman–Crippen MR) is 60.4 cm³/mol. The molecule has 0 bridgehead atoms. The monoisotopic (exact) mass is 194 g/mol. The molecule has 0 rings (SSSR count). The zero-order valence-electron chi connectivity index (χ0n) is 8.35. The Morgan fingerprint density at radius 3 is 1.77 bits per heavy atom. The maximum atomic E-state index is 9.98. The van der Waals surface area contributed by atoms with E-state index in [1.54, 1.807) is 0 Å². The normalized spacial score (nSPS) is 9.31. The molecule has 0 aromatic heterocycles. The van der Waals surface area contributed by atoms with Crippen molar-refractivity contribution in [2.45, 2.75) is 64.7 Å². The van der Waals surface area contributed by atoms with E-state index in [0.717, 1.165) is 19.1 Å². The Morgan fingerprint density at radius 2 is 1.31 bits per heavy atom. The van der Waals surface area contributed by atoms with Gasteiger partial charge in [0.15, 0.2) is 0 Å². The molecule has 0 heterocycles. The summed E-state index contributed by atoms with van der Waals surface area (Å²) in [4.78, 5) is 9.98. The molecule has 0 aliphatic carbocycles. The summed E-state index contributed by atoms with van der Waals surface area (Å²) in [5.74, 6) is 0. The van der Waals surface area contributed by atoms with Gasteiger partial charge in [-0.3, -0.25) is 0 Å². The molecule has 0 atom stereocenters. The van der Waals surface area contributed by atoms with Crippen LogP contribution >= 0.6 is 0 Å². The van der Waals surface area contributed by atoms with Gasteiger partial charge in [-0.1, -0.05) is 51.9 Å². The molecule has 0 amide bonds. The molecule has 0 radical (unpaired) electrons. The fourth-order valence-corrected chi connectivity index (χ4v) is 1.36. The molecule has 74 valence electrons. The molecule has 0 saturated carbocycles. The molecule has 0 unspecified atom stereocenters. The molecular formula is C11H23NaO. The number of rotatable bonds is 9. The second kappa shape index (κ2) is 15.2. The van der Waals surface area contributed by atoms with E-state index in [0.29, 0.717) is 0 Å². The summed E-state index contributed by atoms with van der Waals surface area (Å²) in [5, 5.41) is 0. The van der Waals surface area contributed by atoms with Gasteiger partial charge < -0.3 is 4.79 Å². The van der Waals surface area contributed by atoms with E-state index in [4.69, 9.17) is 0 Å². The number of aldehydes is 1. The number of hydrogen-bond acceptors (Lipinski definition) is 1. The average molecular weight is 194 g/mol. The van der Waals surface area contributed by atoms with Crippen LogP contribution in [0.5, 0.6) is 0 Å². The molecule has 0 fully saturated rings. The van der Waals surface area contributed by atoms with Crippen LogP contribution in [0.4, 0.5) is 0 Å². The van der Waals surface area contributed by atoms with E-state index in [1.165, 1.54) is 44.9 Å². The first-order chi connectivity index (χ1) is 5.91. The Bertz CT molecular complexity index is 94.1. The quantitative estimate of drug-likeness (QED) is 0.313. The van der Waals surface area contributed by atoms with Crippen LogP contribution in [0.1, 0.15) is 64.7 Å². The van der Waals surface area contributed by atoms with Crippen molar-refractivity contribution < 1.29 is 4.79 Å². The van der Waals surface area contributed by atoms with E-state index in [9.17, 15) is 4.79 Å². The average Bonchev–Trinajstić information content (AvgIpc) is 2.10. The number of hydrogen-bond donors (Lipinski definition) is 0. The van der Waals surface area contributed by atoms with Crippen molar-refractivity contribution in [1.82, 2.24) is 0 Å². The fraction of sp³-hybridized carbons (Fsp3) is 0.909. The SMILES string of the molecule is CCCCCCCCCCC=O.[NaH]. The van der Waals surface area contributed by atoms with Crippen molar-refractivity contribution in [2.24, 2.45) is 0 Å². The number of carbonyl (C=O) groups is 1. The summed E-state index contributed by atoms with van der Waals surface area (Å²) in [5.41, 5.74) is 0. The Labute approximate surface area is 105 Å². The molecule has 0 saturated heterocycles. The van der Waals surface area contributed by atoms with Gasteiger partial charge in [0.25, 0.3) is 0 Å². The zero-order chi connectivity index (χ0) is 9.07. The van der Waals surface area contributed by atoms with Gasteiger partial charge in [0, 0.05) is 6.42 Å². The Hall–Kier alpha value is 0.670. The van der Waals surface area contributed by atoms with E-state index in [1.807, 2.05) is 0 Å². The first-order valence-electron chi connectivity index (χ1n) is 5.35. The zero-order valence-corrected chi connectivity index (χ0v) is 8.35. The number of unbranched alkanes of at least 4 members (excludes halogenated alkanes) is 8. The molecule has 0 spiro atoms. The van der Waals surface area contributed by atoms with E-state index in [2.05, 4.69) is 6.92 Å². The molecule has 0 aliphatic rings. The molecule has 0 aromatic carbocycles. The minimum absolute atomic E-state index is 0. The van der Waals surface area contributed by atoms with Gasteiger partial charge in [0.2, 0.25) is 0 Å². The maximum absolute atomic E-state index is 9.98. The van der Waals surface area contributed by atoms with Gasteiger partial charge in [-0.05, 0) is 6.42 Å². The third kappa shape index (κ3) is 15.4. The van der Waals surface area contributed by atoms with Crippen molar-refractivity contribution in [1.29, 1.82) is 0 Å². The van der Waals surface area contributed by atoms with Crippen molar-refractivity contribution in [2.75, 3.05) is 0 Å². The third-order valence-corrected chi connectivity index (χ3v) is 2.18. The van der Waals surface area contributed by atoms with Crippen LogP contribution in [0.25, 0.3) is 0 Å². The van der Waals surface area contributed by atoms with Gasteiger partial charge in [-0.2, -0.15) is 0 Å². The standard InChI is InChI=1S/C11H22O.Na.H/c1-2-3-4-5-6-7-8-9-10-11-12;;/h11H,2-10H2,1H3;;. The summed E-state index contributed by atoms with van der Waals surface area (Å²) in [6, 6.07) is 0. The summed E-state index contributed by atoms with van der Waals surface area (Å²) in [6.07, 6.45) is 12.3. The molecule has 1 nitrogen and oxygen atoms in total. The second-order valence-corrected chi connectivity index (χ2v) is 3.43. The Balaban J connectivity index is 0. The molecule has 0 N–H and O–H groups in total. The Morgan fingerprint density at radius 1 is 0.846 bits per heavy atom. The van der Waals surface area contributed by atoms with E-state index < -0.39 is 0 Å². The van der Waals surface area contributed by atoms with E-state index in [-0.39, 0.29) is 29.6 Å². The summed E-state index contributed by atoms with van der Waals surface area (Å²) in [6.45, 7) is 2.24. The van der Waals surface area contributed by atoms with Gasteiger partial charge in [0.1, 0.15) is 6.29 Å². The second-order valence-electron chi connectivity index (χ2n) is 3.43. The molecular weight excluding hydrogens is 171 g/mol. The fourth-order valence-electron chi connectivity index (χ4n) is 1.36. The number of carbonyl (C=O) groups excluding carboxylic acids is 1. The Kier molecular flexibility index (Phi) is 18.8. The molecule has 2 heteroatoms. The van der Waals surface area contributed by atoms with Crippen LogP contribution in [-0.4, -0.2) is 35.8 Å². The van der Waals surface area contributed by atoms with Crippen molar-refractivity contribution in [3.05, 3.63) is 0 Å². The van der Waals surface area contributed by atoms with Gasteiger partial charge in [-0.15, -0.1) is 0 Å². The summed E-state index contributed by atoms with van der Waals surface area (Å²) >= 11 is 0.